The summed E-state index contributed by atoms with van der Waals surface area (Å²) in [7, 11) is 0. The average molecular weight is 856 g/mol. The molecule has 1 rings (SSSR count). The van der Waals surface area contributed by atoms with Crippen LogP contribution in [0.3, 0.4) is 0 Å². The van der Waals surface area contributed by atoms with E-state index < -0.39 is 49.0 Å². The van der Waals surface area contributed by atoms with Crippen molar-refractivity contribution in [1.82, 2.24) is 5.32 Å². The number of ether oxygens (including phenoxy) is 2. The van der Waals surface area contributed by atoms with Gasteiger partial charge in [-0.3, -0.25) is 4.79 Å². The first kappa shape index (κ1) is 57.2. The highest BCUT2D eigenvalue weighted by Gasteiger charge is 2.44. The third kappa shape index (κ3) is 30.3. The monoisotopic (exact) mass is 856 g/mol. The Balaban J connectivity index is 2.26. The lowest BCUT2D eigenvalue weighted by Gasteiger charge is -2.40. The molecule has 0 aromatic heterocycles. The van der Waals surface area contributed by atoms with Crippen molar-refractivity contribution in [2.75, 3.05) is 6.61 Å². The van der Waals surface area contributed by atoms with Crippen LogP contribution in [0.15, 0.2) is 0 Å². The molecule has 1 amide bonds. The quantitative estimate of drug-likeness (QED) is 0.0332. The molecule has 1 fully saturated rings. The Morgan fingerprint density at radius 3 is 1.22 bits per heavy atom. The predicted molar refractivity (Wildman–Crippen MR) is 249 cm³/mol. The Bertz CT molecular complexity index is 924. The van der Waals surface area contributed by atoms with Crippen molar-refractivity contribution in [3.63, 3.8) is 0 Å². The van der Waals surface area contributed by atoms with Crippen LogP contribution < -0.4 is 5.32 Å². The number of amides is 1. The van der Waals surface area contributed by atoms with E-state index in [0.717, 1.165) is 38.5 Å². The summed E-state index contributed by atoms with van der Waals surface area (Å²) in [5, 5.41) is 56.2. The van der Waals surface area contributed by atoms with Gasteiger partial charge in [0.15, 0.2) is 6.29 Å². The zero-order valence-corrected chi connectivity index (χ0v) is 39.7. The summed E-state index contributed by atoms with van der Waals surface area (Å²) in [6, 6.07) is -0.922. The predicted octanol–water partition coefficient (Wildman–Crippen LogP) is 11.9. The van der Waals surface area contributed by atoms with Crippen LogP contribution in [0.4, 0.5) is 0 Å². The third-order valence-corrected chi connectivity index (χ3v) is 13.0. The van der Waals surface area contributed by atoms with Gasteiger partial charge in [-0.2, -0.15) is 0 Å². The topological polar surface area (TPSA) is 149 Å². The highest BCUT2D eigenvalue weighted by molar-refractivity contribution is 5.76. The largest absolute Gasteiger partial charge is 0.390 e. The molecule has 0 bridgehead atoms. The van der Waals surface area contributed by atoms with Crippen LogP contribution in [-0.2, 0) is 14.3 Å². The lowest BCUT2D eigenvalue weighted by molar-refractivity contribution is -0.299. The Hall–Kier alpha value is -0.810. The summed E-state index contributed by atoms with van der Waals surface area (Å²) in [6.45, 7) is 6.11. The van der Waals surface area contributed by atoms with Gasteiger partial charge < -0.3 is 40.3 Å². The van der Waals surface area contributed by atoms with E-state index in [-0.39, 0.29) is 12.5 Å². The Morgan fingerprint density at radius 1 is 0.500 bits per heavy atom. The smallest absolute Gasteiger partial charge is 0.220 e. The lowest BCUT2D eigenvalue weighted by atomic mass is 9.97. The number of nitrogens with one attached hydrogen (secondary N) is 1. The van der Waals surface area contributed by atoms with E-state index in [1.807, 2.05) is 0 Å². The van der Waals surface area contributed by atoms with Gasteiger partial charge in [0.2, 0.25) is 5.91 Å². The van der Waals surface area contributed by atoms with E-state index in [2.05, 4.69) is 19.2 Å². The molecule has 0 saturated carbocycles. The van der Waals surface area contributed by atoms with Gasteiger partial charge in [-0.1, -0.05) is 239 Å². The molecule has 60 heavy (non-hydrogen) atoms. The fourth-order valence-corrected chi connectivity index (χ4v) is 8.80. The first-order valence-electron chi connectivity index (χ1n) is 26.2. The summed E-state index contributed by atoms with van der Waals surface area (Å²) in [4.78, 5) is 13.1. The van der Waals surface area contributed by atoms with Crippen LogP contribution in [-0.4, -0.2) is 87.0 Å². The molecule has 0 unspecified atom stereocenters. The maximum atomic E-state index is 13.1. The van der Waals surface area contributed by atoms with Crippen molar-refractivity contribution >= 4 is 5.91 Å². The molecular weight excluding hydrogens is 755 g/mol. The fraction of sp³-hybridized carbons (Fsp3) is 0.980. The fourth-order valence-electron chi connectivity index (χ4n) is 8.80. The third-order valence-electron chi connectivity index (χ3n) is 13.0. The van der Waals surface area contributed by atoms with Gasteiger partial charge in [-0.05, 0) is 19.3 Å². The second-order valence-electron chi connectivity index (χ2n) is 18.7. The summed E-state index contributed by atoms with van der Waals surface area (Å²) in [6.07, 6.45) is 37.6. The van der Waals surface area contributed by atoms with Crippen LogP contribution in [0.25, 0.3) is 0 Å². The van der Waals surface area contributed by atoms with E-state index in [1.54, 1.807) is 6.92 Å². The van der Waals surface area contributed by atoms with E-state index in [4.69, 9.17) is 9.47 Å². The molecular formula is C51H101NO8. The number of hydrogen-bond acceptors (Lipinski definition) is 8. The van der Waals surface area contributed by atoms with Gasteiger partial charge in [0.1, 0.15) is 24.4 Å². The minimum atomic E-state index is -1.49. The van der Waals surface area contributed by atoms with Crippen LogP contribution in [0.1, 0.15) is 265 Å². The second kappa shape index (κ2) is 40.9. The Labute approximate surface area is 370 Å². The number of aliphatic hydroxyl groups is 5. The van der Waals surface area contributed by atoms with Crippen molar-refractivity contribution in [3.8, 4) is 0 Å². The Morgan fingerprint density at radius 2 is 0.850 bits per heavy atom. The highest BCUT2D eigenvalue weighted by Crippen LogP contribution is 2.25. The Kier molecular flexibility index (Phi) is 39.0. The van der Waals surface area contributed by atoms with E-state index in [1.165, 1.54) is 186 Å². The van der Waals surface area contributed by atoms with E-state index >= 15 is 0 Å². The first-order chi connectivity index (χ1) is 29.3. The summed E-state index contributed by atoms with van der Waals surface area (Å²) < 4.78 is 11.5. The molecule has 6 N–H and O–H groups in total. The summed E-state index contributed by atoms with van der Waals surface area (Å²) in [5.41, 5.74) is 0. The van der Waals surface area contributed by atoms with Gasteiger partial charge in [0, 0.05) is 6.42 Å². The second-order valence-corrected chi connectivity index (χ2v) is 18.7. The van der Waals surface area contributed by atoms with Gasteiger partial charge in [-0.25, -0.2) is 0 Å². The number of rotatable bonds is 44. The first-order valence-corrected chi connectivity index (χ1v) is 26.2. The van der Waals surface area contributed by atoms with Crippen molar-refractivity contribution in [3.05, 3.63) is 0 Å². The molecule has 0 aromatic rings. The van der Waals surface area contributed by atoms with Crippen molar-refractivity contribution < 1.29 is 39.8 Å². The average Bonchev–Trinajstić information content (AvgIpc) is 3.25. The number of unbranched alkanes of at least 4 members (excludes halogenated alkanes) is 33. The van der Waals surface area contributed by atoms with Crippen LogP contribution >= 0.6 is 0 Å². The highest BCUT2D eigenvalue weighted by atomic mass is 16.7. The SMILES string of the molecule is CCCCCCCCCCCCCCCCCCCCCCCCCC(=O)N[C@@H](CO[C@H]1O[C@H](CC)[C@H](O)[C@H](O)[C@H]1O)[C@H](O)[C@H](O)CCCCCCCCCCCCCC. The summed E-state index contributed by atoms with van der Waals surface area (Å²) >= 11 is 0. The van der Waals surface area contributed by atoms with Crippen molar-refractivity contribution in [2.45, 2.75) is 314 Å². The molecule has 8 atom stereocenters. The van der Waals surface area contributed by atoms with Gasteiger partial charge in [0.25, 0.3) is 0 Å². The number of carbonyl (C=O) groups excluding carboxylic acids is 1. The van der Waals surface area contributed by atoms with Crippen LogP contribution in [0, 0.1) is 0 Å². The molecule has 1 saturated heterocycles. The maximum absolute atomic E-state index is 13.1. The molecule has 1 heterocycles. The van der Waals surface area contributed by atoms with Crippen LogP contribution in [0.2, 0.25) is 0 Å². The molecule has 0 radical (unpaired) electrons. The number of aliphatic hydroxyl groups excluding tert-OH is 5. The zero-order chi connectivity index (χ0) is 43.9. The van der Waals surface area contributed by atoms with Crippen molar-refractivity contribution in [2.24, 2.45) is 0 Å². The normalized spacial score (nSPS) is 21.0. The molecule has 1 aliphatic heterocycles. The minimum Gasteiger partial charge on any atom is -0.390 e. The van der Waals surface area contributed by atoms with Gasteiger partial charge in [0.05, 0.1) is 24.9 Å². The molecule has 9 heteroatoms. The molecule has 0 spiro atoms. The molecule has 0 aromatic carbocycles. The zero-order valence-electron chi connectivity index (χ0n) is 39.7. The number of hydrogen-bond donors (Lipinski definition) is 6. The molecule has 358 valence electrons. The maximum Gasteiger partial charge on any atom is 0.220 e. The van der Waals surface area contributed by atoms with Gasteiger partial charge >= 0.3 is 0 Å². The standard InChI is InChI=1S/C51H101NO8/c1-4-7-9-11-13-15-17-19-20-21-22-23-24-25-26-27-28-29-31-33-35-37-39-41-46(54)52-43(42-59-51-50(58)49(57)48(56)45(6-3)60-51)47(55)44(53)40-38-36-34-32-30-18-16-14-12-10-8-5-2/h43-45,47-51,53,55-58H,4-42H2,1-3H3,(H,52,54)/t43-,44+,45+,47-,48-,49-,50+,51-/m0/s1. The van der Waals surface area contributed by atoms with E-state index in [9.17, 15) is 30.3 Å². The van der Waals surface area contributed by atoms with Gasteiger partial charge in [-0.15, -0.1) is 0 Å². The molecule has 9 nitrogen and oxygen atoms in total. The minimum absolute atomic E-state index is 0.212. The lowest BCUT2D eigenvalue weighted by Crippen LogP contribution is -2.59. The molecule has 1 aliphatic rings. The van der Waals surface area contributed by atoms with Crippen molar-refractivity contribution in [1.29, 1.82) is 0 Å². The summed E-state index contributed by atoms with van der Waals surface area (Å²) in [5.74, 6) is -0.212. The molecule has 0 aliphatic carbocycles. The van der Waals surface area contributed by atoms with E-state index in [0.29, 0.717) is 19.3 Å². The van der Waals surface area contributed by atoms with Crippen LogP contribution in [0.5, 0.6) is 0 Å². The number of carbonyl (C=O) groups is 1.